The fraction of sp³-hybridized carbons (Fsp3) is 0.450. The minimum atomic E-state index is 0.0720. The molecule has 0 spiro atoms. The lowest BCUT2D eigenvalue weighted by Gasteiger charge is -2.35. The van der Waals surface area contributed by atoms with Crippen LogP contribution in [0.2, 0.25) is 0 Å². The van der Waals surface area contributed by atoms with E-state index in [0.717, 1.165) is 37.3 Å². The van der Waals surface area contributed by atoms with Crippen LogP contribution in [0, 0.1) is 0 Å². The molecule has 1 aliphatic rings. The highest BCUT2D eigenvalue weighted by molar-refractivity contribution is 7.09. The summed E-state index contributed by atoms with van der Waals surface area (Å²) in [7, 11) is 0. The molecular weight excluding hydrogens is 360 g/mol. The van der Waals surface area contributed by atoms with Crippen molar-refractivity contribution in [1.29, 1.82) is 0 Å². The number of thiophene rings is 1. The van der Waals surface area contributed by atoms with Crippen LogP contribution < -0.4 is 10.2 Å². The largest absolute Gasteiger partial charge is 0.353 e. The molecule has 1 aliphatic heterocycles. The van der Waals surface area contributed by atoms with E-state index in [2.05, 4.69) is 26.6 Å². The van der Waals surface area contributed by atoms with Gasteiger partial charge in [0.15, 0.2) is 0 Å². The summed E-state index contributed by atoms with van der Waals surface area (Å²) in [5.41, 5.74) is 1.01. The number of anilines is 1. The van der Waals surface area contributed by atoms with Crippen molar-refractivity contribution in [3.05, 3.63) is 46.3 Å². The Kier molecular flexibility index (Phi) is 6.81. The molecule has 7 heteroatoms. The molecule has 3 heterocycles. The van der Waals surface area contributed by atoms with E-state index in [-0.39, 0.29) is 11.8 Å². The van der Waals surface area contributed by atoms with E-state index in [9.17, 15) is 9.59 Å². The maximum atomic E-state index is 12.2. The second-order valence-corrected chi connectivity index (χ2v) is 7.72. The molecule has 2 amide bonds. The van der Waals surface area contributed by atoms with Crippen LogP contribution in [0.4, 0.5) is 5.82 Å². The highest BCUT2D eigenvalue weighted by Crippen LogP contribution is 2.19. The van der Waals surface area contributed by atoms with Crippen LogP contribution in [-0.4, -0.2) is 47.9 Å². The van der Waals surface area contributed by atoms with Crippen molar-refractivity contribution in [3.63, 3.8) is 0 Å². The van der Waals surface area contributed by atoms with Crippen LogP contribution >= 0.6 is 11.3 Å². The molecule has 2 aromatic rings. The van der Waals surface area contributed by atoms with E-state index < -0.39 is 0 Å². The lowest BCUT2D eigenvalue weighted by atomic mass is 10.2. The van der Waals surface area contributed by atoms with Gasteiger partial charge >= 0.3 is 0 Å². The molecule has 1 saturated heterocycles. The SMILES string of the molecule is CC(=O)N1CCN(c2ncccc2CNC(=O)CCCc2cccs2)CC1. The Morgan fingerprint density at radius 2 is 2.00 bits per heavy atom. The Bertz CT molecular complexity index is 755. The van der Waals surface area contributed by atoms with Crippen molar-refractivity contribution < 1.29 is 9.59 Å². The van der Waals surface area contributed by atoms with Crippen LogP contribution in [0.15, 0.2) is 35.8 Å². The van der Waals surface area contributed by atoms with Crippen molar-refractivity contribution in [2.24, 2.45) is 0 Å². The number of hydrogen-bond donors (Lipinski definition) is 1. The Balaban J connectivity index is 1.49. The molecule has 144 valence electrons. The number of piperazine rings is 1. The molecule has 0 aliphatic carbocycles. The van der Waals surface area contributed by atoms with Gasteiger partial charge in [0.1, 0.15) is 5.82 Å². The Labute approximate surface area is 164 Å². The van der Waals surface area contributed by atoms with Gasteiger partial charge in [0.2, 0.25) is 11.8 Å². The topological polar surface area (TPSA) is 65.5 Å². The second-order valence-electron chi connectivity index (χ2n) is 6.69. The Morgan fingerprint density at radius 1 is 1.19 bits per heavy atom. The fourth-order valence-corrected chi connectivity index (χ4v) is 4.00. The average molecular weight is 387 g/mol. The molecule has 0 atom stereocenters. The summed E-state index contributed by atoms with van der Waals surface area (Å²) in [6.07, 6.45) is 4.12. The Morgan fingerprint density at radius 3 is 2.70 bits per heavy atom. The number of carbonyl (C=O) groups is 2. The van der Waals surface area contributed by atoms with Gasteiger partial charge < -0.3 is 15.1 Å². The monoisotopic (exact) mass is 386 g/mol. The number of amides is 2. The standard InChI is InChI=1S/C20H26N4O2S/c1-16(25)23-10-12-24(13-11-23)20-17(5-3-9-21-20)15-22-19(26)8-2-6-18-7-4-14-27-18/h3-5,7,9,14H,2,6,8,10-13,15H2,1H3,(H,22,26). The Hall–Kier alpha value is -2.41. The summed E-state index contributed by atoms with van der Waals surface area (Å²) < 4.78 is 0. The van der Waals surface area contributed by atoms with Gasteiger partial charge in [0.25, 0.3) is 0 Å². The quantitative estimate of drug-likeness (QED) is 0.794. The molecule has 6 nitrogen and oxygen atoms in total. The van der Waals surface area contributed by atoms with Crippen molar-refractivity contribution in [3.8, 4) is 0 Å². The molecule has 2 aromatic heterocycles. The zero-order chi connectivity index (χ0) is 19.1. The molecular formula is C20H26N4O2S. The lowest BCUT2D eigenvalue weighted by molar-refractivity contribution is -0.129. The number of hydrogen-bond acceptors (Lipinski definition) is 5. The minimum absolute atomic E-state index is 0.0720. The number of aromatic nitrogens is 1. The predicted molar refractivity (Wildman–Crippen MR) is 108 cm³/mol. The lowest BCUT2D eigenvalue weighted by Crippen LogP contribution is -2.48. The third-order valence-corrected chi connectivity index (χ3v) is 5.71. The predicted octanol–water partition coefficient (Wildman–Crippen LogP) is 2.45. The highest BCUT2D eigenvalue weighted by atomic mass is 32.1. The molecule has 1 N–H and O–H groups in total. The maximum absolute atomic E-state index is 12.2. The van der Waals surface area contributed by atoms with E-state index in [1.165, 1.54) is 4.88 Å². The summed E-state index contributed by atoms with van der Waals surface area (Å²) in [5, 5.41) is 5.08. The van der Waals surface area contributed by atoms with E-state index in [1.807, 2.05) is 23.1 Å². The molecule has 3 rings (SSSR count). The minimum Gasteiger partial charge on any atom is -0.353 e. The molecule has 27 heavy (non-hydrogen) atoms. The molecule has 0 bridgehead atoms. The average Bonchev–Trinajstić information content (AvgIpc) is 3.20. The first-order chi connectivity index (χ1) is 13.1. The van der Waals surface area contributed by atoms with Gasteiger partial charge in [-0.15, -0.1) is 11.3 Å². The number of rotatable bonds is 7. The molecule has 0 radical (unpaired) electrons. The number of pyridine rings is 1. The first-order valence-corrected chi connectivity index (χ1v) is 10.2. The second kappa shape index (κ2) is 9.50. The number of carbonyl (C=O) groups excluding carboxylic acids is 2. The molecule has 0 saturated carbocycles. The number of aryl methyl sites for hydroxylation is 1. The van der Waals surface area contributed by atoms with E-state index in [0.29, 0.717) is 26.1 Å². The van der Waals surface area contributed by atoms with Crippen LogP contribution in [0.25, 0.3) is 0 Å². The normalized spacial score (nSPS) is 14.3. The van der Waals surface area contributed by atoms with Gasteiger partial charge in [-0.25, -0.2) is 4.98 Å². The van der Waals surface area contributed by atoms with Crippen molar-refractivity contribution >= 4 is 29.0 Å². The summed E-state index contributed by atoms with van der Waals surface area (Å²) in [6, 6.07) is 8.05. The first-order valence-electron chi connectivity index (χ1n) is 9.37. The van der Waals surface area contributed by atoms with Gasteiger partial charge in [0, 0.05) is 62.7 Å². The summed E-state index contributed by atoms with van der Waals surface area (Å²) in [5.74, 6) is 1.09. The smallest absolute Gasteiger partial charge is 0.220 e. The number of nitrogens with one attached hydrogen (secondary N) is 1. The van der Waals surface area contributed by atoms with Crippen molar-refractivity contribution in [2.75, 3.05) is 31.1 Å². The van der Waals surface area contributed by atoms with Crippen LogP contribution in [0.5, 0.6) is 0 Å². The van der Waals surface area contributed by atoms with Gasteiger partial charge in [-0.2, -0.15) is 0 Å². The van der Waals surface area contributed by atoms with E-state index >= 15 is 0 Å². The summed E-state index contributed by atoms with van der Waals surface area (Å²) in [4.78, 5) is 33.5. The first kappa shape index (κ1) is 19.4. The van der Waals surface area contributed by atoms with Crippen molar-refractivity contribution in [2.45, 2.75) is 32.7 Å². The van der Waals surface area contributed by atoms with Gasteiger partial charge in [-0.3, -0.25) is 9.59 Å². The molecule has 1 fully saturated rings. The maximum Gasteiger partial charge on any atom is 0.220 e. The van der Waals surface area contributed by atoms with E-state index in [4.69, 9.17) is 0 Å². The molecule has 0 aromatic carbocycles. The third kappa shape index (κ3) is 5.53. The van der Waals surface area contributed by atoms with E-state index in [1.54, 1.807) is 24.5 Å². The number of nitrogens with zero attached hydrogens (tertiary/aromatic N) is 3. The van der Waals surface area contributed by atoms with Gasteiger partial charge in [-0.1, -0.05) is 12.1 Å². The molecule has 0 unspecified atom stereocenters. The fourth-order valence-electron chi connectivity index (χ4n) is 3.25. The van der Waals surface area contributed by atoms with Crippen LogP contribution in [-0.2, 0) is 22.6 Å². The summed E-state index contributed by atoms with van der Waals surface area (Å²) in [6.45, 7) is 5.03. The van der Waals surface area contributed by atoms with Crippen LogP contribution in [0.3, 0.4) is 0 Å². The third-order valence-electron chi connectivity index (χ3n) is 4.78. The summed E-state index contributed by atoms with van der Waals surface area (Å²) >= 11 is 1.73. The van der Waals surface area contributed by atoms with Gasteiger partial charge in [0.05, 0.1) is 0 Å². The zero-order valence-electron chi connectivity index (χ0n) is 15.7. The van der Waals surface area contributed by atoms with Crippen molar-refractivity contribution in [1.82, 2.24) is 15.2 Å². The highest BCUT2D eigenvalue weighted by Gasteiger charge is 2.21. The van der Waals surface area contributed by atoms with Gasteiger partial charge in [-0.05, 0) is 30.4 Å². The van der Waals surface area contributed by atoms with Crippen LogP contribution in [0.1, 0.15) is 30.2 Å². The zero-order valence-corrected chi connectivity index (χ0v) is 16.5.